The van der Waals surface area contributed by atoms with Crippen LogP contribution in [0.5, 0.6) is 0 Å². The van der Waals surface area contributed by atoms with E-state index < -0.39 is 10.5 Å². The van der Waals surface area contributed by atoms with Gasteiger partial charge in [-0.05, 0) is 24.1 Å². The maximum atomic E-state index is 12.7. The standard InChI is InChI=1S/C17H15NO4/c1-2-17(15(19)12-6-4-3-5-7-12)16(22-17)13-8-10-14(11-9-13)18(20)21/h3-11,16H,2H2,1H3. The zero-order valence-corrected chi connectivity index (χ0v) is 12.1. The average Bonchev–Trinajstić information content (AvgIpc) is 3.31. The molecular formula is C17H15NO4. The first-order valence-electron chi connectivity index (χ1n) is 7.10. The Labute approximate surface area is 127 Å². The number of benzene rings is 2. The first-order chi connectivity index (χ1) is 10.6. The van der Waals surface area contributed by atoms with E-state index in [-0.39, 0.29) is 17.6 Å². The van der Waals surface area contributed by atoms with Gasteiger partial charge in [0.25, 0.3) is 5.69 Å². The molecule has 2 aromatic carbocycles. The van der Waals surface area contributed by atoms with E-state index in [9.17, 15) is 14.9 Å². The Balaban J connectivity index is 1.85. The summed E-state index contributed by atoms with van der Waals surface area (Å²) < 4.78 is 5.74. The maximum Gasteiger partial charge on any atom is 0.269 e. The largest absolute Gasteiger partial charge is 0.352 e. The summed E-state index contributed by atoms with van der Waals surface area (Å²) in [6.07, 6.45) is 0.216. The van der Waals surface area contributed by atoms with Crippen LogP contribution in [0.4, 0.5) is 5.69 Å². The van der Waals surface area contributed by atoms with Crippen molar-refractivity contribution in [2.45, 2.75) is 25.0 Å². The second kappa shape index (κ2) is 5.35. The molecule has 1 aliphatic rings. The topological polar surface area (TPSA) is 72.7 Å². The Hall–Kier alpha value is -2.53. The lowest BCUT2D eigenvalue weighted by Crippen LogP contribution is -2.24. The summed E-state index contributed by atoms with van der Waals surface area (Å²) >= 11 is 0. The summed E-state index contributed by atoms with van der Waals surface area (Å²) in [5.74, 6) is -0.0426. The van der Waals surface area contributed by atoms with E-state index in [1.54, 1.807) is 24.3 Å². The van der Waals surface area contributed by atoms with Gasteiger partial charge in [-0.15, -0.1) is 0 Å². The molecule has 0 N–H and O–H groups in total. The number of nitro benzene ring substituents is 1. The highest BCUT2D eigenvalue weighted by molar-refractivity contribution is 6.04. The van der Waals surface area contributed by atoms with Crippen LogP contribution in [0.15, 0.2) is 54.6 Å². The van der Waals surface area contributed by atoms with Crippen LogP contribution in [0.25, 0.3) is 0 Å². The number of carbonyl (C=O) groups excluding carboxylic acids is 1. The lowest BCUT2D eigenvalue weighted by atomic mass is 9.89. The number of nitrogens with zero attached hydrogens (tertiary/aromatic N) is 1. The Morgan fingerprint density at radius 3 is 2.36 bits per heavy atom. The predicted molar refractivity (Wildman–Crippen MR) is 80.7 cm³/mol. The van der Waals surface area contributed by atoms with Crippen molar-refractivity contribution in [3.63, 3.8) is 0 Å². The number of rotatable bonds is 5. The van der Waals surface area contributed by atoms with E-state index in [0.717, 1.165) is 5.56 Å². The molecule has 3 rings (SSSR count). The molecule has 0 aliphatic carbocycles. The second-order valence-corrected chi connectivity index (χ2v) is 5.28. The first-order valence-corrected chi connectivity index (χ1v) is 7.10. The highest BCUT2D eigenvalue weighted by atomic mass is 16.6. The van der Waals surface area contributed by atoms with Crippen molar-refractivity contribution in [1.82, 2.24) is 0 Å². The smallest absolute Gasteiger partial charge is 0.269 e. The third kappa shape index (κ3) is 2.29. The molecule has 0 radical (unpaired) electrons. The lowest BCUT2D eigenvalue weighted by Gasteiger charge is -2.09. The van der Waals surface area contributed by atoms with Crippen LogP contribution in [0, 0.1) is 10.1 Å². The van der Waals surface area contributed by atoms with Gasteiger partial charge in [0.15, 0.2) is 11.4 Å². The fraction of sp³-hybridized carbons (Fsp3) is 0.235. The average molecular weight is 297 g/mol. The van der Waals surface area contributed by atoms with Crippen molar-refractivity contribution in [2.75, 3.05) is 0 Å². The van der Waals surface area contributed by atoms with Crippen LogP contribution >= 0.6 is 0 Å². The Bertz CT molecular complexity index is 711. The summed E-state index contributed by atoms with van der Waals surface area (Å²) in [6.45, 7) is 1.91. The molecule has 2 unspecified atom stereocenters. The normalized spacial score (nSPS) is 23.0. The molecular weight excluding hydrogens is 282 g/mol. The highest BCUT2D eigenvalue weighted by Crippen LogP contribution is 2.53. The van der Waals surface area contributed by atoms with E-state index in [4.69, 9.17) is 4.74 Å². The molecule has 5 heteroatoms. The summed E-state index contributed by atoms with van der Waals surface area (Å²) in [5, 5.41) is 10.7. The zero-order valence-electron chi connectivity index (χ0n) is 12.1. The van der Waals surface area contributed by atoms with Crippen LogP contribution in [0.2, 0.25) is 0 Å². The third-order valence-electron chi connectivity index (χ3n) is 4.05. The van der Waals surface area contributed by atoms with Gasteiger partial charge < -0.3 is 4.74 Å². The monoisotopic (exact) mass is 297 g/mol. The van der Waals surface area contributed by atoms with Gasteiger partial charge >= 0.3 is 0 Å². The van der Waals surface area contributed by atoms with Crippen molar-refractivity contribution >= 4 is 11.5 Å². The minimum Gasteiger partial charge on any atom is -0.352 e. The summed E-state index contributed by atoms with van der Waals surface area (Å²) in [7, 11) is 0. The second-order valence-electron chi connectivity index (χ2n) is 5.28. The zero-order chi connectivity index (χ0) is 15.7. The van der Waals surface area contributed by atoms with Gasteiger partial charge in [0.2, 0.25) is 0 Å². The van der Waals surface area contributed by atoms with Crippen molar-refractivity contribution in [2.24, 2.45) is 0 Å². The van der Waals surface area contributed by atoms with Crippen molar-refractivity contribution in [3.05, 3.63) is 75.8 Å². The molecule has 112 valence electrons. The fourth-order valence-corrected chi connectivity index (χ4v) is 2.72. The van der Waals surface area contributed by atoms with Crippen molar-refractivity contribution in [1.29, 1.82) is 0 Å². The fourth-order valence-electron chi connectivity index (χ4n) is 2.72. The number of epoxide rings is 1. The van der Waals surface area contributed by atoms with Gasteiger partial charge in [0.05, 0.1) is 4.92 Å². The molecule has 2 atom stereocenters. The third-order valence-corrected chi connectivity index (χ3v) is 4.05. The molecule has 0 bridgehead atoms. The molecule has 1 aliphatic heterocycles. The first kappa shape index (κ1) is 14.4. The number of Topliss-reactive ketones (excluding diaryl/α,β-unsaturated/α-hetero) is 1. The molecule has 2 aromatic rings. The molecule has 0 amide bonds. The van der Waals surface area contributed by atoms with E-state index >= 15 is 0 Å². The van der Waals surface area contributed by atoms with Crippen LogP contribution in [0.3, 0.4) is 0 Å². The number of carbonyl (C=O) groups is 1. The number of hydrogen-bond donors (Lipinski definition) is 0. The van der Waals surface area contributed by atoms with Crippen molar-refractivity contribution in [3.8, 4) is 0 Å². The molecule has 5 nitrogen and oxygen atoms in total. The van der Waals surface area contributed by atoms with Crippen LogP contribution < -0.4 is 0 Å². The van der Waals surface area contributed by atoms with Gasteiger partial charge in [-0.2, -0.15) is 0 Å². The van der Waals surface area contributed by atoms with Crippen molar-refractivity contribution < 1.29 is 14.5 Å². The summed E-state index contributed by atoms with van der Waals surface area (Å²) in [5.41, 5.74) is 0.587. The summed E-state index contributed by atoms with van der Waals surface area (Å²) in [4.78, 5) is 22.9. The van der Waals surface area contributed by atoms with E-state index in [1.165, 1.54) is 12.1 Å². The predicted octanol–water partition coefficient (Wildman–Crippen LogP) is 3.70. The Morgan fingerprint density at radius 2 is 1.82 bits per heavy atom. The number of non-ortho nitro benzene ring substituents is 1. The number of ether oxygens (including phenoxy) is 1. The van der Waals surface area contributed by atoms with Crippen LogP contribution in [0.1, 0.15) is 35.4 Å². The molecule has 0 saturated carbocycles. The molecule has 0 aromatic heterocycles. The molecule has 0 spiro atoms. The van der Waals surface area contributed by atoms with Gasteiger partial charge in [-0.1, -0.05) is 37.3 Å². The highest BCUT2D eigenvalue weighted by Gasteiger charge is 2.61. The van der Waals surface area contributed by atoms with Gasteiger partial charge in [0.1, 0.15) is 6.10 Å². The quantitative estimate of drug-likeness (QED) is 0.365. The van der Waals surface area contributed by atoms with Crippen LogP contribution in [-0.4, -0.2) is 16.3 Å². The summed E-state index contributed by atoms with van der Waals surface area (Å²) in [6, 6.07) is 15.2. The van der Waals surface area contributed by atoms with Gasteiger partial charge in [0, 0.05) is 17.7 Å². The SMILES string of the molecule is CCC1(C(=O)c2ccccc2)OC1c1ccc([N+](=O)[O-])cc1. The molecule has 22 heavy (non-hydrogen) atoms. The Kier molecular flexibility index (Phi) is 3.50. The Morgan fingerprint density at radius 1 is 1.18 bits per heavy atom. The van der Waals surface area contributed by atoms with Gasteiger partial charge in [-0.25, -0.2) is 0 Å². The molecule has 1 saturated heterocycles. The van der Waals surface area contributed by atoms with Gasteiger partial charge in [-0.3, -0.25) is 14.9 Å². The van der Waals surface area contributed by atoms with Crippen LogP contribution in [-0.2, 0) is 4.74 Å². The molecule has 1 heterocycles. The van der Waals surface area contributed by atoms with E-state index in [0.29, 0.717) is 12.0 Å². The lowest BCUT2D eigenvalue weighted by molar-refractivity contribution is -0.384. The number of ketones is 1. The number of nitro groups is 1. The van der Waals surface area contributed by atoms with E-state index in [2.05, 4.69) is 0 Å². The van der Waals surface area contributed by atoms with E-state index in [1.807, 2.05) is 25.1 Å². The minimum atomic E-state index is -0.850. The number of hydrogen-bond acceptors (Lipinski definition) is 4. The molecule has 1 fully saturated rings. The minimum absolute atomic E-state index is 0.0286. The maximum absolute atomic E-state index is 12.7.